The summed E-state index contributed by atoms with van der Waals surface area (Å²) in [5.74, 6) is 0.663. The van der Waals surface area contributed by atoms with Crippen LogP contribution in [0.25, 0.3) is 0 Å². The minimum absolute atomic E-state index is 0.214. The van der Waals surface area contributed by atoms with Gasteiger partial charge in [-0.15, -0.1) is 0 Å². The lowest BCUT2D eigenvalue weighted by Crippen LogP contribution is -2.29. The van der Waals surface area contributed by atoms with Crippen molar-refractivity contribution in [1.29, 1.82) is 5.26 Å². The molecule has 4 heteroatoms. The number of rotatable bonds is 4. The number of benzene rings is 2. The summed E-state index contributed by atoms with van der Waals surface area (Å²) in [6.07, 6.45) is -0.323. The maximum absolute atomic E-state index is 9.00. The third-order valence-electron chi connectivity index (χ3n) is 3.23. The Morgan fingerprint density at radius 3 is 2.62 bits per heavy atom. The molecule has 21 heavy (non-hydrogen) atoms. The van der Waals surface area contributed by atoms with Crippen molar-refractivity contribution in [3.63, 3.8) is 0 Å². The molecule has 0 saturated carbocycles. The highest BCUT2D eigenvalue weighted by Gasteiger charge is 2.19. The minimum atomic E-state index is -0.323. The largest absolute Gasteiger partial charge is 0.484 e. The Bertz CT molecular complexity index is 677. The number of aryl methyl sites for hydroxylation is 1. The molecule has 2 aromatic carbocycles. The molecular weight excluding hydrogens is 284 g/mol. The predicted octanol–water partition coefficient (Wildman–Crippen LogP) is 3.99. The second-order valence-corrected chi connectivity index (χ2v) is 5.48. The van der Waals surface area contributed by atoms with Crippen LogP contribution in [-0.4, -0.2) is 6.04 Å². The first-order chi connectivity index (χ1) is 10.0. The Hall–Kier alpha value is -2.02. The van der Waals surface area contributed by atoms with Crippen LogP contribution in [0.1, 0.15) is 29.7 Å². The lowest BCUT2D eigenvalue weighted by atomic mass is 10.0. The van der Waals surface area contributed by atoms with Gasteiger partial charge in [0, 0.05) is 11.1 Å². The van der Waals surface area contributed by atoms with E-state index in [1.54, 1.807) is 12.1 Å². The highest BCUT2D eigenvalue weighted by atomic mass is 35.5. The van der Waals surface area contributed by atoms with Crippen molar-refractivity contribution in [3.05, 3.63) is 64.2 Å². The van der Waals surface area contributed by atoms with Crippen LogP contribution in [-0.2, 0) is 0 Å². The number of nitrogens with zero attached hydrogens (tertiary/aromatic N) is 1. The predicted molar refractivity (Wildman–Crippen MR) is 84.4 cm³/mol. The van der Waals surface area contributed by atoms with Gasteiger partial charge >= 0.3 is 0 Å². The second-order valence-electron chi connectivity index (χ2n) is 5.04. The molecular formula is C17H17ClN2O. The topological polar surface area (TPSA) is 59.0 Å². The van der Waals surface area contributed by atoms with Crippen molar-refractivity contribution in [2.24, 2.45) is 5.73 Å². The van der Waals surface area contributed by atoms with Crippen LogP contribution in [0.2, 0.25) is 5.02 Å². The second kappa shape index (κ2) is 6.62. The van der Waals surface area contributed by atoms with E-state index in [4.69, 9.17) is 27.3 Å². The van der Waals surface area contributed by atoms with Gasteiger partial charge in [0.15, 0.2) is 0 Å². The molecule has 0 amide bonds. The number of halogens is 1. The zero-order chi connectivity index (χ0) is 15.4. The Balaban J connectivity index is 2.35. The number of nitrogens with two attached hydrogens (primary N) is 1. The van der Waals surface area contributed by atoms with Crippen molar-refractivity contribution in [2.75, 3.05) is 0 Å². The first-order valence-electron chi connectivity index (χ1n) is 6.69. The first kappa shape index (κ1) is 15.4. The van der Waals surface area contributed by atoms with Gasteiger partial charge in [0.1, 0.15) is 11.9 Å². The highest BCUT2D eigenvalue weighted by Crippen LogP contribution is 2.29. The standard InChI is InChI=1S/C17H17ClN2O/c1-11-6-7-13(10-19)8-16(11)21-17(12(2)20)14-4-3-5-15(18)9-14/h3-9,12,17H,20H2,1-2H3. The number of hydrogen-bond donors (Lipinski definition) is 1. The molecule has 0 bridgehead atoms. The molecule has 0 aliphatic carbocycles. The van der Waals surface area contributed by atoms with Gasteiger partial charge in [0.2, 0.25) is 0 Å². The zero-order valence-electron chi connectivity index (χ0n) is 12.0. The fraction of sp³-hybridized carbons (Fsp3) is 0.235. The van der Waals surface area contributed by atoms with E-state index in [9.17, 15) is 0 Å². The number of ether oxygens (including phenoxy) is 1. The van der Waals surface area contributed by atoms with E-state index in [1.807, 2.05) is 44.2 Å². The van der Waals surface area contributed by atoms with Crippen LogP contribution in [0.15, 0.2) is 42.5 Å². The van der Waals surface area contributed by atoms with Crippen LogP contribution in [0.3, 0.4) is 0 Å². The number of nitriles is 1. The molecule has 3 nitrogen and oxygen atoms in total. The van der Waals surface area contributed by atoms with Gasteiger partial charge in [-0.05, 0) is 49.2 Å². The molecule has 2 rings (SSSR count). The van der Waals surface area contributed by atoms with Gasteiger partial charge < -0.3 is 10.5 Å². The van der Waals surface area contributed by atoms with Crippen molar-refractivity contribution in [1.82, 2.24) is 0 Å². The summed E-state index contributed by atoms with van der Waals surface area (Å²) >= 11 is 6.04. The minimum Gasteiger partial charge on any atom is -0.484 e. The van der Waals surface area contributed by atoms with Gasteiger partial charge in [-0.2, -0.15) is 5.26 Å². The molecule has 0 radical (unpaired) electrons. The highest BCUT2D eigenvalue weighted by molar-refractivity contribution is 6.30. The van der Waals surface area contributed by atoms with E-state index in [2.05, 4.69) is 6.07 Å². The Morgan fingerprint density at radius 2 is 2.00 bits per heavy atom. The van der Waals surface area contributed by atoms with Gasteiger partial charge in [-0.1, -0.05) is 29.8 Å². The molecule has 2 aromatic rings. The summed E-state index contributed by atoms with van der Waals surface area (Å²) in [5, 5.41) is 9.64. The van der Waals surface area contributed by atoms with Crippen molar-refractivity contribution >= 4 is 11.6 Å². The molecule has 0 aromatic heterocycles. The molecule has 0 aliphatic rings. The third-order valence-corrected chi connectivity index (χ3v) is 3.46. The Labute approximate surface area is 129 Å². The normalized spacial score (nSPS) is 13.3. The smallest absolute Gasteiger partial charge is 0.139 e. The molecule has 0 spiro atoms. The summed E-state index contributed by atoms with van der Waals surface area (Å²) in [6.45, 7) is 3.82. The Morgan fingerprint density at radius 1 is 1.24 bits per heavy atom. The monoisotopic (exact) mass is 300 g/mol. The maximum atomic E-state index is 9.00. The van der Waals surface area contributed by atoms with Crippen LogP contribution in [0.4, 0.5) is 0 Å². The summed E-state index contributed by atoms with van der Waals surface area (Å²) in [5.41, 5.74) is 8.49. The first-order valence-corrected chi connectivity index (χ1v) is 7.07. The average Bonchev–Trinajstić information content (AvgIpc) is 2.46. The van der Waals surface area contributed by atoms with Gasteiger partial charge in [-0.3, -0.25) is 0 Å². The molecule has 2 atom stereocenters. The average molecular weight is 301 g/mol. The van der Waals surface area contributed by atoms with Gasteiger partial charge in [0.25, 0.3) is 0 Å². The number of hydrogen-bond acceptors (Lipinski definition) is 3. The molecule has 2 unspecified atom stereocenters. The van der Waals surface area contributed by atoms with Gasteiger partial charge in [0.05, 0.1) is 11.6 Å². The maximum Gasteiger partial charge on any atom is 0.139 e. The van der Waals surface area contributed by atoms with E-state index in [0.29, 0.717) is 16.3 Å². The van der Waals surface area contributed by atoms with Crippen molar-refractivity contribution < 1.29 is 4.74 Å². The van der Waals surface area contributed by atoms with E-state index in [-0.39, 0.29) is 12.1 Å². The van der Waals surface area contributed by atoms with E-state index >= 15 is 0 Å². The summed E-state index contributed by atoms with van der Waals surface area (Å²) < 4.78 is 6.06. The molecule has 108 valence electrons. The third kappa shape index (κ3) is 3.75. The van der Waals surface area contributed by atoms with Crippen molar-refractivity contribution in [2.45, 2.75) is 26.0 Å². The SMILES string of the molecule is Cc1ccc(C#N)cc1OC(c1cccc(Cl)c1)C(C)N. The summed E-state index contributed by atoms with van der Waals surface area (Å²) in [7, 11) is 0. The van der Waals surface area contributed by atoms with Crippen molar-refractivity contribution in [3.8, 4) is 11.8 Å². The molecule has 0 saturated heterocycles. The molecule has 0 heterocycles. The van der Waals surface area contributed by atoms with Gasteiger partial charge in [-0.25, -0.2) is 0 Å². The fourth-order valence-electron chi connectivity index (χ4n) is 2.10. The zero-order valence-corrected chi connectivity index (χ0v) is 12.8. The summed E-state index contributed by atoms with van der Waals surface area (Å²) in [6, 6.07) is 14.7. The molecule has 0 aliphatic heterocycles. The van der Waals surface area contributed by atoms with E-state index < -0.39 is 0 Å². The van der Waals surface area contributed by atoms with Crippen LogP contribution in [0.5, 0.6) is 5.75 Å². The molecule has 0 fully saturated rings. The fourth-order valence-corrected chi connectivity index (χ4v) is 2.29. The van der Waals surface area contributed by atoms with Crippen LogP contribution in [0, 0.1) is 18.3 Å². The summed E-state index contributed by atoms with van der Waals surface area (Å²) in [4.78, 5) is 0. The quantitative estimate of drug-likeness (QED) is 0.929. The lowest BCUT2D eigenvalue weighted by Gasteiger charge is -2.24. The molecule has 2 N–H and O–H groups in total. The Kier molecular flexibility index (Phi) is 4.85. The lowest BCUT2D eigenvalue weighted by molar-refractivity contribution is 0.179. The van der Waals surface area contributed by atoms with E-state index in [1.165, 1.54) is 0 Å². The van der Waals surface area contributed by atoms with Crippen LogP contribution < -0.4 is 10.5 Å². The van der Waals surface area contributed by atoms with Crippen LogP contribution >= 0.6 is 11.6 Å². The van der Waals surface area contributed by atoms with E-state index in [0.717, 1.165) is 11.1 Å².